The second-order valence-corrected chi connectivity index (χ2v) is 3.44. The van der Waals surface area contributed by atoms with Gasteiger partial charge in [-0.1, -0.05) is 6.07 Å². The highest BCUT2D eigenvalue weighted by Crippen LogP contribution is 2.38. The summed E-state index contributed by atoms with van der Waals surface area (Å²) in [5.74, 6) is 0. The number of aromatic nitrogens is 2. The quantitative estimate of drug-likeness (QED) is 0.672. The minimum Gasteiger partial charge on any atom is -0.365 e. The fraction of sp³-hybridized carbons (Fsp3) is 0.300. The molecule has 1 aromatic heterocycles. The van der Waals surface area contributed by atoms with E-state index in [1.54, 1.807) is 6.33 Å². The molecule has 2 heterocycles. The zero-order valence-electron chi connectivity index (χ0n) is 7.32. The molecule has 0 saturated carbocycles. The summed E-state index contributed by atoms with van der Waals surface area (Å²) in [7, 11) is 0. The van der Waals surface area contributed by atoms with Crippen LogP contribution in [0.25, 0.3) is 11.0 Å². The van der Waals surface area contributed by atoms with Crippen LogP contribution < -0.4 is 0 Å². The molecule has 0 bridgehead atoms. The van der Waals surface area contributed by atoms with Gasteiger partial charge in [0.15, 0.2) is 0 Å². The van der Waals surface area contributed by atoms with Crippen LogP contribution in [0.4, 0.5) is 0 Å². The summed E-state index contributed by atoms with van der Waals surface area (Å²) in [5, 5.41) is 0. The summed E-state index contributed by atoms with van der Waals surface area (Å²) >= 11 is 0. The maximum atomic E-state index is 5.39. The summed E-state index contributed by atoms with van der Waals surface area (Å²) in [6.07, 6.45) is 2.39. The van der Waals surface area contributed by atoms with Gasteiger partial charge in [0.1, 0.15) is 6.10 Å². The van der Waals surface area contributed by atoms with Crippen LogP contribution in [0.15, 0.2) is 24.5 Å². The van der Waals surface area contributed by atoms with Gasteiger partial charge in [-0.15, -0.1) is 0 Å². The summed E-state index contributed by atoms with van der Waals surface area (Å²) in [6, 6.07) is 6.21. The monoisotopic (exact) mass is 174 g/mol. The zero-order chi connectivity index (χ0) is 8.84. The van der Waals surface area contributed by atoms with Crippen molar-refractivity contribution < 1.29 is 4.74 Å². The van der Waals surface area contributed by atoms with Gasteiger partial charge in [-0.25, -0.2) is 4.98 Å². The third-order valence-corrected chi connectivity index (χ3v) is 2.48. The molecule has 3 heteroatoms. The van der Waals surface area contributed by atoms with E-state index in [9.17, 15) is 0 Å². The molecular weight excluding hydrogens is 164 g/mol. The van der Waals surface area contributed by atoms with Crippen LogP contribution in [-0.2, 0) is 4.74 Å². The lowest BCUT2D eigenvalue weighted by Crippen LogP contribution is -1.83. The van der Waals surface area contributed by atoms with Crippen molar-refractivity contribution in [2.45, 2.75) is 19.1 Å². The molecule has 1 N–H and O–H groups in total. The number of nitrogens with one attached hydrogen (secondary N) is 1. The van der Waals surface area contributed by atoms with E-state index in [0.717, 1.165) is 11.0 Å². The van der Waals surface area contributed by atoms with Crippen LogP contribution in [0.5, 0.6) is 0 Å². The van der Waals surface area contributed by atoms with Gasteiger partial charge >= 0.3 is 0 Å². The van der Waals surface area contributed by atoms with E-state index in [4.69, 9.17) is 4.74 Å². The molecule has 66 valence electrons. The highest BCUT2D eigenvalue weighted by Gasteiger charge is 2.35. The number of ether oxygens (including phenoxy) is 1. The van der Waals surface area contributed by atoms with Gasteiger partial charge in [-0.2, -0.15) is 0 Å². The Labute approximate surface area is 75.7 Å². The largest absolute Gasteiger partial charge is 0.365 e. The van der Waals surface area contributed by atoms with Crippen LogP contribution in [0.1, 0.15) is 18.6 Å². The Morgan fingerprint density at radius 2 is 2.31 bits per heavy atom. The van der Waals surface area contributed by atoms with Crippen molar-refractivity contribution in [3.63, 3.8) is 0 Å². The van der Waals surface area contributed by atoms with E-state index >= 15 is 0 Å². The summed E-state index contributed by atoms with van der Waals surface area (Å²) in [4.78, 5) is 7.25. The van der Waals surface area contributed by atoms with Crippen LogP contribution in [-0.4, -0.2) is 16.1 Å². The van der Waals surface area contributed by atoms with E-state index in [1.165, 1.54) is 5.56 Å². The first kappa shape index (κ1) is 7.09. The fourth-order valence-electron chi connectivity index (χ4n) is 1.67. The Kier molecular flexibility index (Phi) is 1.27. The lowest BCUT2D eigenvalue weighted by Gasteiger charge is -1.94. The number of hydrogen-bond donors (Lipinski definition) is 1. The number of benzene rings is 1. The third kappa shape index (κ3) is 1.04. The van der Waals surface area contributed by atoms with Crippen LogP contribution in [0, 0.1) is 0 Å². The Hall–Kier alpha value is -1.35. The van der Waals surface area contributed by atoms with Gasteiger partial charge in [-0.05, 0) is 24.6 Å². The topological polar surface area (TPSA) is 41.2 Å². The van der Waals surface area contributed by atoms with E-state index in [-0.39, 0.29) is 0 Å². The molecule has 1 aromatic carbocycles. The minimum atomic E-state index is 0.299. The highest BCUT2D eigenvalue weighted by atomic mass is 16.6. The smallest absolute Gasteiger partial charge is 0.109 e. The Bertz CT molecular complexity index is 449. The van der Waals surface area contributed by atoms with Crippen molar-refractivity contribution in [2.75, 3.05) is 0 Å². The number of fused-ring (bicyclic) bond motifs is 1. The summed E-state index contributed by atoms with van der Waals surface area (Å²) < 4.78 is 5.39. The zero-order valence-corrected chi connectivity index (χ0v) is 7.32. The Morgan fingerprint density at radius 1 is 1.46 bits per heavy atom. The molecule has 0 radical (unpaired) electrons. The van der Waals surface area contributed by atoms with E-state index in [1.807, 2.05) is 6.07 Å². The first-order valence-electron chi connectivity index (χ1n) is 4.43. The number of hydrogen-bond acceptors (Lipinski definition) is 2. The number of aromatic amines is 1. The number of imidazole rings is 1. The Morgan fingerprint density at radius 3 is 3.08 bits per heavy atom. The second-order valence-electron chi connectivity index (χ2n) is 3.44. The molecule has 0 spiro atoms. The van der Waals surface area contributed by atoms with Crippen LogP contribution >= 0.6 is 0 Å². The predicted octanol–water partition coefficient (Wildman–Crippen LogP) is 2.02. The highest BCUT2D eigenvalue weighted by molar-refractivity contribution is 5.75. The number of rotatable bonds is 1. The average Bonchev–Trinajstić information content (AvgIpc) is 2.70. The number of epoxide rings is 1. The normalized spacial score (nSPS) is 26.5. The molecule has 1 saturated heterocycles. The lowest BCUT2D eigenvalue weighted by atomic mass is 10.1. The first-order chi connectivity index (χ1) is 6.34. The van der Waals surface area contributed by atoms with Crippen molar-refractivity contribution in [2.24, 2.45) is 0 Å². The maximum absolute atomic E-state index is 5.39. The Balaban J connectivity index is 2.10. The number of nitrogens with zero attached hydrogens (tertiary/aromatic N) is 1. The van der Waals surface area contributed by atoms with Gasteiger partial charge in [0, 0.05) is 0 Å². The van der Waals surface area contributed by atoms with Crippen molar-refractivity contribution in [3.05, 3.63) is 30.1 Å². The lowest BCUT2D eigenvalue weighted by molar-refractivity contribution is 0.383. The molecule has 2 aromatic rings. The summed E-state index contributed by atoms with van der Waals surface area (Å²) in [6.45, 7) is 2.09. The third-order valence-electron chi connectivity index (χ3n) is 2.48. The van der Waals surface area contributed by atoms with Gasteiger partial charge in [0.05, 0.1) is 23.5 Å². The van der Waals surface area contributed by atoms with Crippen LogP contribution in [0.3, 0.4) is 0 Å². The molecule has 0 amide bonds. The van der Waals surface area contributed by atoms with Crippen molar-refractivity contribution >= 4 is 11.0 Å². The van der Waals surface area contributed by atoms with Gasteiger partial charge < -0.3 is 9.72 Å². The average molecular weight is 174 g/mol. The minimum absolute atomic E-state index is 0.299. The van der Waals surface area contributed by atoms with E-state index in [0.29, 0.717) is 12.2 Å². The first-order valence-corrected chi connectivity index (χ1v) is 4.43. The summed E-state index contributed by atoms with van der Waals surface area (Å²) in [5.41, 5.74) is 3.33. The van der Waals surface area contributed by atoms with Crippen molar-refractivity contribution in [1.29, 1.82) is 0 Å². The van der Waals surface area contributed by atoms with Crippen molar-refractivity contribution in [1.82, 2.24) is 9.97 Å². The van der Waals surface area contributed by atoms with Gasteiger partial charge in [-0.3, -0.25) is 0 Å². The molecule has 3 rings (SSSR count). The molecule has 1 aliphatic rings. The van der Waals surface area contributed by atoms with Gasteiger partial charge in [0.2, 0.25) is 0 Å². The fourth-order valence-corrected chi connectivity index (χ4v) is 1.67. The molecule has 2 atom stereocenters. The molecule has 13 heavy (non-hydrogen) atoms. The van der Waals surface area contributed by atoms with E-state index in [2.05, 4.69) is 29.0 Å². The predicted molar refractivity (Wildman–Crippen MR) is 49.4 cm³/mol. The molecule has 2 unspecified atom stereocenters. The van der Waals surface area contributed by atoms with Gasteiger partial charge in [0.25, 0.3) is 0 Å². The maximum Gasteiger partial charge on any atom is 0.109 e. The molecular formula is C10H10N2O. The molecule has 0 aliphatic carbocycles. The van der Waals surface area contributed by atoms with Crippen LogP contribution in [0.2, 0.25) is 0 Å². The molecule has 3 nitrogen and oxygen atoms in total. The van der Waals surface area contributed by atoms with E-state index < -0.39 is 0 Å². The van der Waals surface area contributed by atoms with Crippen molar-refractivity contribution in [3.8, 4) is 0 Å². The number of H-pyrrole nitrogens is 1. The molecule has 1 aliphatic heterocycles. The standard InChI is InChI=1S/C10H10N2O/c1-6-10(13-6)7-2-3-8-9(4-7)12-5-11-8/h2-6,10H,1H3,(H,11,12). The second kappa shape index (κ2) is 2.33. The molecule has 1 fully saturated rings. The SMILES string of the molecule is CC1OC1c1ccc2nc[nH]c2c1.